The van der Waals surface area contributed by atoms with Crippen molar-refractivity contribution < 1.29 is 24.1 Å². The van der Waals surface area contributed by atoms with Crippen molar-refractivity contribution in [2.45, 2.75) is 13.5 Å². The Kier molecular flexibility index (Phi) is 11.8. The third kappa shape index (κ3) is 9.11. The van der Waals surface area contributed by atoms with Crippen molar-refractivity contribution in [1.82, 2.24) is 0 Å². The van der Waals surface area contributed by atoms with Crippen LogP contribution >= 0.6 is 15.9 Å². The number of benzene rings is 3. The van der Waals surface area contributed by atoms with E-state index in [4.69, 9.17) is 25.1 Å². The molecule has 0 aliphatic heterocycles. The molecular weight excluding hydrogens is 462 g/mol. The van der Waals surface area contributed by atoms with Crippen LogP contribution < -0.4 is 19.9 Å². The van der Waals surface area contributed by atoms with Gasteiger partial charge in [-0.2, -0.15) is 0 Å². The van der Waals surface area contributed by atoms with E-state index >= 15 is 0 Å². The van der Waals surface area contributed by atoms with Crippen molar-refractivity contribution in [3.8, 4) is 17.2 Å². The summed E-state index contributed by atoms with van der Waals surface area (Å²) in [7, 11) is 4.22. The molecule has 0 fully saturated rings. The molecule has 0 spiro atoms. The number of aldehydes is 1. The minimum Gasteiger partial charge on any atom is -0.497 e. The Morgan fingerprint density at radius 3 is 1.94 bits per heavy atom. The normalized spacial score (nSPS) is 9.35. The van der Waals surface area contributed by atoms with Gasteiger partial charge in [0.15, 0.2) is 0 Å². The van der Waals surface area contributed by atoms with E-state index in [-0.39, 0.29) is 0 Å². The number of hydrogen-bond donors (Lipinski definition) is 2. The Balaban J connectivity index is 0.000000365. The monoisotopic (exact) mass is 489 g/mol. The summed E-state index contributed by atoms with van der Waals surface area (Å²) in [5, 5.41) is 7.00. The smallest absolute Gasteiger partial charge is 0.150 e. The molecule has 0 unspecified atom stereocenters. The lowest BCUT2D eigenvalue weighted by molar-refractivity contribution is 0.112. The van der Waals surface area contributed by atoms with Gasteiger partial charge in [-0.25, -0.2) is 0 Å². The van der Waals surface area contributed by atoms with Gasteiger partial charge >= 0.3 is 0 Å². The molecule has 7 heteroatoms. The first-order valence-corrected chi connectivity index (χ1v) is 10.1. The summed E-state index contributed by atoms with van der Waals surface area (Å²) in [6.45, 7) is 2.38. The average Bonchev–Trinajstić information content (AvgIpc) is 2.82. The second kappa shape index (κ2) is 14.1. The number of hydrogen-bond acceptors (Lipinski definition) is 6. The van der Waals surface area contributed by atoms with Crippen LogP contribution in [0.25, 0.3) is 0 Å². The fourth-order valence-electron chi connectivity index (χ4n) is 2.40. The summed E-state index contributed by atoms with van der Waals surface area (Å²) in [6, 6.07) is 18.4. The fourth-order valence-corrected chi connectivity index (χ4v) is 2.87. The molecular formula is C24H28BrNO5. The fraction of sp³-hybridized carbons (Fsp3) is 0.208. The quantitative estimate of drug-likeness (QED) is 0.372. The van der Waals surface area contributed by atoms with Gasteiger partial charge in [0, 0.05) is 28.9 Å². The third-order valence-electron chi connectivity index (χ3n) is 4.06. The molecule has 3 N–H and O–H groups in total. The molecule has 31 heavy (non-hydrogen) atoms. The van der Waals surface area contributed by atoms with E-state index in [1.165, 1.54) is 0 Å². The van der Waals surface area contributed by atoms with Crippen molar-refractivity contribution in [1.29, 1.82) is 0 Å². The highest BCUT2D eigenvalue weighted by molar-refractivity contribution is 9.10. The molecule has 3 rings (SSSR count). The number of halogens is 1. The van der Waals surface area contributed by atoms with E-state index in [9.17, 15) is 4.79 Å². The molecule has 0 saturated carbocycles. The number of aliphatic hydroxyl groups is 1. The second-order valence-corrected chi connectivity index (χ2v) is 7.11. The molecule has 0 aliphatic carbocycles. The topological polar surface area (TPSA) is 91.0 Å². The van der Waals surface area contributed by atoms with Crippen LogP contribution in [0.3, 0.4) is 0 Å². The van der Waals surface area contributed by atoms with Crippen LogP contribution in [-0.4, -0.2) is 32.7 Å². The predicted molar refractivity (Wildman–Crippen MR) is 127 cm³/mol. The molecule has 6 nitrogen and oxygen atoms in total. The minimum atomic E-state index is 0.397. The Morgan fingerprint density at radius 2 is 1.48 bits per heavy atom. The number of aliphatic hydroxyl groups excluding tert-OH is 1. The van der Waals surface area contributed by atoms with Crippen LogP contribution in [0.4, 0.5) is 5.69 Å². The highest BCUT2D eigenvalue weighted by atomic mass is 79.9. The average molecular weight is 490 g/mol. The molecule has 0 amide bonds. The minimum absolute atomic E-state index is 0.397. The maximum Gasteiger partial charge on any atom is 0.150 e. The zero-order valence-corrected chi connectivity index (χ0v) is 19.7. The van der Waals surface area contributed by atoms with Gasteiger partial charge in [-0.05, 0) is 72.6 Å². The van der Waals surface area contributed by atoms with E-state index in [1.807, 2.05) is 43.3 Å². The molecule has 0 aliphatic rings. The molecule has 0 aromatic heterocycles. The SMILES string of the molecule is CO.COc1cc(COc2ccc(C=O)cc2)cc(OC)c1.Cc1cc(Br)ccc1N. The summed E-state index contributed by atoms with van der Waals surface area (Å²) >= 11 is 3.34. The molecule has 3 aromatic carbocycles. The number of nitrogens with two attached hydrogens (primary N) is 1. The lowest BCUT2D eigenvalue weighted by Gasteiger charge is -2.10. The number of methoxy groups -OCH3 is 2. The summed E-state index contributed by atoms with van der Waals surface area (Å²) in [6.07, 6.45) is 0.802. The van der Waals surface area contributed by atoms with E-state index in [0.29, 0.717) is 17.9 Å². The number of rotatable bonds is 6. The van der Waals surface area contributed by atoms with Crippen LogP contribution in [-0.2, 0) is 6.61 Å². The molecule has 0 atom stereocenters. The summed E-state index contributed by atoms with van der Waals surface area (Å²) in [5.74, 6) is 2.15. The Morgan fingerprint density at radius 1 is 0.903 bits per heavy atom. The Labute approximate surface area is 191 Å². The van der Waals surface area contributed by atoms with Gasteiger partial charge in [-0.15, -0.1) is 0 Å². The number of carbonyl (C=O) groups is 1. The number of ether oxygens (including phenoxy) is 3. The summed E-state index contributed by atoms with van der Waals surface area (Å²) in [5.41, 5.74) is 9.10. The maximum atomic E-state index is 10.6. The largest absolute Gasteiger partial charge is 0.497 e. The first-order chi connectivity index (χ1) is 14.9. The highest BCUT2D eigenvalue weighted by Crippen LogP contribution is 2.23. The van der Waals surface area contributed by atoms with Gasteiger partial charge in [0.2, 0.25) is 0 Å². The van der Waals surface area contributed by atoms with E-state index in [1.54, 1.807) is 38.5 Å². The summed E-state index contributed by atoms with van der Waals surface area (Å²) in [4.78, 5) is 10.6. The van der Waals surface area contributed by atoms with Crippen molar-refractivity contribution in [2.75, 3.05) is 27.1 Å². The summed E-state index contributed by atoms with van der Waals surface area (Å²) < 4.78 is 17.2. The van der Waals surface area contributed by atoms with Crippen molar-refractivity contribution in [2.24, 2.45) is 0 Å². The second-order valence-electron chi connectivity index (χ2n) is 6.20. The molecule has 0 radical (unpaired) electrons. The Bertz CT molecular complexity index is 923. The van der Waals surface area contributed by atoms with Gasteiger partial charge < -0.3 is 25.1 Å². The van der Waals surface area contributed by atoms with Crippen LogP contribution in [0.5, 0.6) is 17.2 Å². The molecule has 0 bridgehead atoms. The third-order valence-corrected chi connectivity index (χ3v) is 4.56. The number of carbonyl (C=O) groups excluding carboxylic acids is 1. The van der Waals surface area contributed by atoms with Crippen LogP contribution in [0.1, 0.15) is 21.5 Å². The van der Waals surface area contributed by atoms with Gasteiger partial charge in [-0.1, -0.05) is 15.9 Å². The van der Waals surface area contributed by atoms with E-state index < -0.39 is 0 Å². The molecule has 3 aromatic rings. The van der Waals surface area contributed by atoms with Crippen molar-refractivity contribution in [3.05, 3.63) is 81.8 Å². The van der Waals surface area contributed by atoms with Crippen LogP contribution in [0.2, 0.25) is 0 Å². The van der Waals surface area contributed by atoms with Crippen molar-refractivity contribution in [3.63, 3.8) is 0 Å². The zero-order valence-electron chi connectivity index (χ0n) is 18.1. The lowest BCUT2D eigenvalue weighted by atomic mass is 10.2. The van der Waals surface area contributed by atoms with Crippen LogP contribution in [0.15, 0.2) is 65.1 Å². The van der Waals surface area contributed by atoms with Crippen molar-refractivity contribution >= 4 is 27.9 Å². The zero-order chi connectivity index (χ0) is 23.2. The van der Waals surface area contributed by atoms with Gasteiger partial charge in [0.05, 0.1) is 14.2 Å². The van der Waals surface area contributed by atoms with Gasteiger partial charge in [0.25, 0.3) is 0 Å². The lowest BCUT2D eigenvalue weighted by Crippen LogP contribution is -1.97. The van der Waals surface area contributed by atoms with Crippen LogP contribution in [0, 0.1) is 6.92 Å². The van der Waals surface area contributed by atoms with E-state index in [0.717, 1.165) is 46.2 Å². The maximum absolute atomic E-state index is 10.6. The molecule has 0 heterocycles. The number of aryl methyl sites for hydroxylation is 1. The van der Waals surface area contributed by atoms with Gasteiger partial charge in [0.1, 0.15) is 30.1 Å². The highest BCUT2D eigenvalue weighted by Gasteiger charge is 2.03. The molecule has 166 valence electrons. The predicted octanol–water partition coefficient (Wildman–Crippen LogP) is 5.04. The standard InChI is InChI=1S/C16H16O4.C7H8BrN.CH4O/c1-18-15-7-13(8-16(9-15)19-2)11-20-14-5-3-12(10-17)4-6-14;1-5-4-6(8)2-3-7(5)9;1-2/h3-10H,11H2,1-2H3;2-4H,9H2,1H3;2H,1H3. The first-order valence-electron chi connectivity index (χ1n) is 9.31. The van der Waals surface area contributed by atoms with Gasteiger partial charge in [-0.3, -0.25) is 4.79 Å². The Hall–Kier alpha value is -3.03. The number of nitrogen functional groups attached to an aromatic ring is 1. The first kappa shape index (κ1) is 26.0. The molecule has 0 saturated heterocycles. The number of anilines is 1. The van der Waals surface area contributed by atoms with E-state index in [2.05, 4.69) is 15.9 Å².